The van der Waals surface area contributed by atoms with Crippen LogP contribution < -0.4 is 5.32 Å². The molecule has 2 heteroatoms. The maximum Gasteiger partial charge on any atom is 0.0781 e. The molecule has 2 aliphatic heterocycles. The summed E-state index contributed by atoms with van der Waals surface area (Å²) in [7, 11) is 0. The van der Waals surface area contributed by atoms with Gasteiger partial charge < -0.3 is 5.32 Å². The average molecular weight is 647 g/mol. The second kappa shape index (κ2) is 13.4. The summed E-state index contributed by atoms with van der Waals surface area (Å²) in [5.41, 5.74) is 14.5. The van der Waals surface area contributed by atoms with Crippen molar-refractivity contribution >= 4 is 11.9 Å². The van der Waals surface area contributed by atoms with E-state index in [4.69, 9.17) is 4.99 Å². The Balaban J connectivity index is 1.14. The SMILES string of the molecule is C1=CC2=CC(C3=CC(C4CC=C(C5=CCCC=C5)C=N4)=CC(C4=CC(c5ccccc5)NC(c5ccccc5)=C4)C3)=C3C=CC=CC3C2C=C1. The minimum atomic E-state index is 0.0853. The molecule has 0 fully saturated rings. The van der Waals surface area contributed by atoms with E-state index in [1.165, 1.54) is 61.4 Å². The lowest BCUT2D eigenvalue weighted by Crippen LogP contribution is -2.25. The molecule has 0 aromatic heterocycles. The topological polar surface area (TPSA) is 24.4 Å². The standard InChI is InChI=1S/C48H42N2/c1-4-14-33(15-5-1)37-24-25-46(49-32-37)41-27-38(26-40(28-41)45-29-36-20-10-11-21-42(36)43-22-12-13-23-44(43)45)39-30-47(34-16-6-2-7-17-34)50-48(31-39)35-18-8-3-9-19-35/h2-4,6-24,27-32,38,42-43,46-47,50H,1,5,25-26H2. The van der Waals surface area contributed by atoms with Crippen molar-refractivity contribution in [1.29, 1.82) is 0 Å². The molecular formula is C48H42N2. The molecule has 0 spiro atoms. The fourth-order valence-corrected chi connectivity index (χ4v) is 8.44. The van der Waals surface area contributed by atoms with E-state index < -0.39 is 0 Å². The van der Waals surface area contributed by atoms with E-state index >= 15 is 0 Å². The molecule has 5 aliphatic carbocycles. The Bertz CT molecular complexity index is 2130. The van der Waals surface area contributed by atoms with E-state index in [2.05, 4.69) is 175 Å². The average Bonchev–Trinajstić information content (AvgIpc) is 3.21. The Labute approximate surface area is 296 Å². The smallest absolute Gasteiger partial charge is 0.0781 e. The van der Waals surface area contributed by atoms with Gasteiger partial charge in [0.25, 0.3) is 0 Å². The van der Waals surface area contributed by atoms with Crippen LogP contribution in [0.1, 0.15) is 42.9 Å². The molecule has 2 nitrogen and oxygen atoms in total. The largest absolute Gasteiger partial charge is 0.374 e. The summed E-state index contributed by atoms with van der Waals surface area (Å²) < 4.78 is 0. The molecule has 2 aromatic carbocycles. The maximum atomic E-state index is 5.24. The third-order valence-electron chi connectivity index (χ3n) is 11.0. The summed E-state index contributed by atoms with van der Waals surface area (Å²) in [5, 5.41) is 3.87. The van der Waals surface area contributed by atoms with Crippen LogP contribution in [0.4, 0.5) is 0 Å². The van der Waals surface area contributed by atoms with Gasteiger partial charge in [-0.1, -0.05) is 158 Å². The van der Waals surface area contributed by atoms with E-state index in [9.17, 15) is 0 Å². The molecule has 50 heavy (non-hydrogen) atoms. The molecule has 9 rings (SSSR count). The molecule has 5 unspecified atom stereocenters. The zero-order chi connectivity index (χ0) is 33.3. The molecule has 0 amide bonds. The number of rotatable bonds is 6. The van der Waals surface area contributed by atoms with Crippen molar-refractivity contribution in [2.75, 3.05) is 0 Å². The fourth-order valence-electron chi connectivity index (χ4n) is 8.44. The van der Waals surface area contributed by atoms with Gasteiger partial charge in [-0.3, -0.25) is 4.99 Å². The molecule has 0 saturated carbocycles. The van der Waals surface area contributed by atoms with Crippen LogP contribution in [-0.2, 0) is 0 Å². The van der Waals surface area contributed by atoms with Gasteiger partial charge in [-0.2, -0.15) is 0 Å². The number of benzene rings is 2. The van der Waals surface area contributed by atoms with Crippen LogP contribution in [-0.4, -0.2) is 12.3 Å². The molecule has 2 heterocycles. The lowest BCUT2D eigenvalue weighted by molar-refractivity contribution is 0.605. The molecule has 0 radical (unpaired) electrons. The van der Waals surface area contributed by atoms with Crippen molar-refractivity contribution in [3.05, 3.63) is 220 Å². The Hall–Kier alpha value is -5.47. The normalized spacial score (nSPS) is 27.9. The predicted octanol–water partition coefficient (Wildman–Crippen LogP) is 10.9. The second-order valence-corrected chi connectivity index (χ2v) is 14.2. The number of allylic oxidation sites excluding steroid dienone is 21. The third-order valence-corrected chi connectivity index (χ3v) is 11.0. The zero-order valence-electron chi connectivity index (χ0n) is 28.3. The highest BCUT2D eigenvalue weighted by atomic mass is 14.9. The zero-order valence-corrected chi connectivity index (χ0v) is 28.3. The van der Waals surface area contributed by atoms with E-state index in [0.717, 1.165) is 25.7 Å². The molecule has 0 saturated heterocycles. The summed E-state index contributed by atoms with van der Waals surface area (Å²) in [6.45, 7) is 0. The molecule has 1 N–H and O–H groups in total. The van der Waals surface area contributed by atoms with Crippen molar-refractivity contribution in [1.82, 2.24) is 5.32 Å². The van der Waals surface area contributed by atoms with E-state index in [1.54, 1.807) is 0 Å². The van der Waals surface area contributed by atoms with Crippen LogP contribution in [0.5, 0.6) is 0 Å². The first-order valence-electron chi connectivity index (χ1n) is 18.3. The number of hydrogen-bond donors (Lipinski definition) is 1. The van der Waals surface area contributed by atoms with E-state index in [-0.39, 0.29) is 18.0 Å². The lowest BCUT2D eigenvalue weighted by Gasteiger charge is -2.36. The quantitative estimate of drug-likeness (QED) is 0.332. The summed E-state index contributed by atoms with van der Waals surface area (Å²) in [6.07, 6.45) is 46.1. The van der Waals surface area contributed by atoms with Gasteiger partial charge in [-0.25, -0.2) is 0 Å². The Morgan fingerprint density at radius 3 is 2.28 bits per heavy atom. The first-order chi connectivity index (χ1) is 24.8. The number of aliphatic imine (C=N–C) groups is 1. The Morgan fingerprint density at radius 2 is 1.48 bits per heavy atom. The van der Waals surface area contributed by atoms with Crippen molar-refractivity contribution in [3.63, 3.8) is 0 Å². The van der Waals surface area contributed by atoms with Gasteiger partial charge in [0.2, 0.25) is 0 Å². The first-order valence-corrected chi connectivity index (χ1v) is 18.3. The maximum absolute atomic E-state index is 5.24. The summed E-state index contributed by atoms with van der Waals surface area (Å²) in [4.78, 5) is 5.24. The highest BCUT2D eigenvalue weighted by molar-refractivity contribution is 5.87. The molecule has 244 valence electrons. The van der Waals surface area contributed by atoms with Crippen LogP contribution in [0.15, 0.2) is 214 Å². The minimum absolute atomic E-state index is 0.0853. The van der Waals surface area contributed by atoms with Gasteiger partial charge in [0.05, 0.1) is 12.1 Å². The summed E-state index contributed by atoms with van der Waals surface area (Å²) in [6, 6.07) is 21.8. The lowest BCUT2D eigenvalue weighted by atomic mass is 9.68. The highest BCUT2D eigenvalue weighted by Gasteiger charge is 2.33. The third kappa shape index (κ3) is 6.00. The minimum Gasteiger partial charge on any atom is -0.374 e. The van der Waals surface area contributed by atoms with Crippen molar-refractivity contribution in [3.8, 4) is 0 Å². The number of fused-ring (bicyclic) bond motifs is 3. The number of hydrogen-bond acceptors (Lipinski definition) is 2. The van der Waals surface area contributed by atoms with Gasteiger partial charge in [0, 0.05) is 29.7 Å². The van der Waals surface area contributed by atoms with Gasteiger partial charge >= 0.3 is 0 Å². The summed E-state index contributed by atoms with van der Waals surface area (Å²) in [5.74, 6) is 0.957. The molecule has 2 aromatic rings. The van der Waals surface area contributed by atoms with E-state index in [0.29, 0.717) is 11.8 Å². The Kier molecular flexibility index (Phi) is 8.22. The van der Waals surface area contributed by atoms with Crippen LogP contribution in [0.2, 0.25) is 0 Å². The van der Waals surface area contributed by atoms with Crippen LogP contribution in [0, 0.1) is 17.8 Å². The molecular weight excluding hydrogens is 605 g/mol. The van der Waals surface area contributed by atoms with E-state index in [1.807, 2.05) is 0 Å². The van der Waals surface area contributed by atoms with Crippen LogP contribution in [0.3, 0.4) is 0 Å². The summed E-state index contributed by atoms with van der Waals surface area (Å²) >= 11 is 0. The highest BCUT2D eigenvalue weighted by Crippen LogP contribution is 2.46. The van der Waals surface area contributed by atoms with Crippen LogP contribution >= 0.6 is 0 Å². The Morgan fingerprint density at radius 1 is 0.660 bits per heavy atom. The van der Waals surface area contributed by atoms with Gasteiger partial charge in [-0.15, -0.1) is 0 Å². The van der Waals surface area contributed by atoms with Crippen LogP contribution in [0.25, 0.3) is 5.70 Å². The fraction of sp³-hybridized carbons (Fsp3) is 0.188. The second-order valence-electron chi connectivity index (χ2n) is 14.2. The molecule has 7 aliphatic rings. The first kappa shape index (κ1) is 30.6. The molecule has 5 atom stereocenters. The predicted molar refractivity (Wildman–Crippen MR) is 209 cm³/mol. The number of nitrogens with zero attached hydrogens (tertiary/aromatic N) is 1. The molecule has 0 bridgehead atoms. The van der Waals surface area contributed by atoms with Gasteiger partial charge in [0.1, 0.15) is 0 Å². The van der Waals surface area contributed by atoms with Gasteiger partial charge in [-0.05, 0) is 87.5 Å². The van der Waals surface area contributed by atoms with Gasteiger partial charge in [0.15, 0.2) is 0 Å². The van der Waals surface area contributed by atoms with Crippen molar-refractivity contribution in [2.45, 2.75) is 37.8 Å². The number of nitrogens with one attached hydrogen (secondary N) is 1. The number of dihydropyridines is 2. The van der Waals surface area contributed by atoms with Crippen molar-refractivity contribution < 1.29 is 0 Å². The monoisotopic (exact) mass is 646 g/mol. The van der Waals surface area contributed by atoms with Crippen molar-refractivity contribution in [2.24, 2.45) is 22.7 Å².